The van der Waals surface area contributed by atoms with E-state index in [1.54, 1.807) is 6.92 Å². The first-order valence-corrected chi connectivity index (χ1v) is 6.82. The Morgan fingerprint density at radius 1 is 1.00 bits per heavy atom. The first-order chi connectivity index (χ1) is 7.75. The fraction of sp³-hybridized carbons (Fsp3) is 1.00. The first-order valence-electron chi connectivity index (χ1n) is 6.82. The second-order valence-electron chi connectivity index (χ2n) is 5.54. The molecule has 2 unspecified atom stereocenters. The Hall–Kier alpha value is -0.210. The standard InChI is InChI=1S/C14H27F3/c1-5-7-8-9-10-13(4,6-2)12(3)11-14(15,16)17/h12H,5-11H2,1-4H3. The Kier molecular flexibility index (Phi) is 7.18. The van der Waals surface area contributed by atoms with E-state index in [9.17, 15) is 13.2 Å². The summed E-state index contributed by atoms with van der Waals surface area (Å²) in [4.78, 5) is 0. The topological polar surface area (TPSA) is 0 Å². The van der Waals surface area contributed by atoms with Gasteiger partial charge in [-0.05, 0) is 17.8 Å². The number of halogens is 3. The van der Waals surface area contributed by atoms with Gasteiger partial charge in [0.15, 0.2) is 0 Å². The second kappa shape index (κ2) is 7.27. The van der Waals surface area contributed by atoms with E-state index in [1.807, 2.05) is 13.8 Å². The summed E-state index contributed by atoms with van der Waals surface area (Å²) in [7, 11) is 0. The molecule has 0 radical (unpaired) electrons. The van der Waals surface area contributed by atoms with Crippen LogP contribution >= 0.6 is 0 Å². The number of hydrogen-bond donors (Lipinski definition) is 0. The first kappa shape index (κ1) is 16.8. The van der Waals surface area contributed by atoms with Crippen LogP contribution in [0.25, 0.3) is 0 Å². The lowest BCUT2D eigenvalue weighted by atomic mass is 9.71. The van der Waals surface area contributed by atoms with Gasteiger partial charge < -0.3 is 0 Å². The third-order valence-electron chi connectivity index (χ3n) is 4.14. The zero-order valence-electron chi connectivity index (χ0n) is 11.7. The molecule has 0 nitrogen and oxygen atoms in total. The molecule has 0 fully saturated rings. The molecule has 0 aromatic rings. The van der Waals surface area contributed by atoms with Gasteiger partial charge in [0.2, 0.25) is 0 Å². The van der Waals surface area contributed by atoms with Gasteiger partial charge in [0.05, 0.1) is 0 Å². The van der Waals surface area contributed by atoms with E-state index in [-0.39, 0.29) is 11.3 Å². The van der Waals surface area contributed by atoms with Crippen molar-refractivity contribution in [2.24, 2.45) is 11.3 Å². The van der Waals surface area contributed by atoms with Crippen molar-refractivity contribution in [3.05, 3.63) is 0 Å². The predicted octanol–water partition coefficient (Wildman–Crippen LogP) is 5.96. The molecule has 0 aromatic carbocycles. The summed E-state index contributed by atoms with van der Waals surface area (Å²) < 4.78 is 37.2. The Morgan fingerprint density at radius 2 is 1.59 bits per heavy atom. The third kappa shape index (κ3) is 6.95. The Labute approximate surface area is 104 Å². The lowest BCUT2D eigenvalue weighted by Crippen LogP contribution is -2.29. The molecular formula is C14H27F3. The van der Waals surface area contributed by atoms with Gasteiger partial charge in [-0.2, -0.15) is 13.2 Å². The van der Waals surface area contributed by atoms with Gasteiger partial charge in [-0.15, -0.1) is 0 Å². The summed E-state index contributed by atoms with van der Waals surface area (Å²) in [6.07, 6.45) is 1.63. The van der Waals surface area contributed by atoms with Gasteiger partial charge >= 0.3 is 6.18 Å². The summed E-state index contributed by atoms with van der Waals surface area (Å²) in [5.41, 5.74) is -0.163. The summed E-state index contributed by atoms with van der Waals surface area (Å²) in [5.74, 6) is -0.283. The Balaban J connectivity index is 4.24. The van der Waals surface area contributed by atoms with Crippen LogP contribution in [0.2, 0.25) is 0 Å². The molecule has 17 heavy (non-hydrogen) atoms. The molecule has 0 aliphatic heterocycles. The van der Waals surface area contributed by atoms with Gasteiger partial charge in [-0.1, -0.05) is 59.8 Å². The minimum absolute atomic E-state index is 0.163. The number of rotatable bonds is 8. The van der Waals surface area contributed by atoms with E-state index in [1.165, 1.54) is 12.8 Å². The quantitative estimate of drug-likeness (QED) is 0.467. The highest BCUT2D eigenvalue weighted by Crippen LogP contribution is 2.42. The molecule has 2 atom stereocenters. The monoisotopic (exact) mass is 252 g/mol. The van der Waals surface area contributed by atoms with Crippen molar-refractivity contribution >= 4 is 0 Å². The molecule has 0 aliphatic carbocycles. The smallest absolute Gasteiger partial charge is 0.171 e. The molecular weight excluding hydrogens is 225 g/mol. The van der Waals surface area contributed by atoms with Crippen molar-refractivity contribution in [1.82, 2.24) is 0 Å². The number of alkyl halides is 3. The van der Waals surface area contributed by atoms with Crippen molar-refractivity contribution in [2.45, 2.75) is 78.8 Å². The van der Waals surface area contributed by atoms with Crippen LogP contribution in [0, 0.1) is 11.3 Å². The Bertz CT molecular complexity index is 198. The summed E-state index contributed by atoms with van der Waals surface area (Å²) >= 11 is 0. The molecule has 0 amide bonds. The molecule has 0 saturated carbocycles. The Morgan fingerprint density at radius 3 is 2.00 bits per heavy atom. The fourth-order valence-electron chi connectivity index (χ4n) is 2.32. The van der Waals surface area contributed by atoms with Crippen LogP contribution < -0.4 is 0 Å². The molecule has 0 rings (SSSR count). The zero-order valence-corrected chi connectivity index (χ0v) is 11.7. The second-order valence-corrected chi connectivity index (χ2v) is 5.54. The van der Waals surface area contributed by atoms with Crippen molar-refractivity contribution in [2.75, 3.05) is 0 Å². The maximum atomic E-state index is 12.4. The molecule has 0 N–H and O–H groups in total. The van der Waals surface area contributed by atoms with Gasteiger partial charge in [-0.25, -0.2) is 0 Å². The SMILES string of the molecule is CCCCCCC(C)(CC)C(C)CC(F)(F)F. The van der Waals surface area contributed by atoms with Crippen LogP contribution in [0.4, 0.5) is 13.2 Å². The minimum atomic E-state index is -4.03. The molecule has 0 aromatic heterocycles. The lowest BCUT2D eigenvalue weighted by Gasteiger charge is -2.35. The molecule has 0 bridgehead atoms. The highest BCUT2D eigenvalue weighted by Gasteiger charge is 2.37. The molecule has 104 valence electrons. The fourth-order valence-corrected chi connectivity index (χ4v) is 2.32. The third-order valence-corrected chi connectivity index (χ3v) is 4.14. The molecule has 0 heterocycles. The van der Waals surface area contributed by atoms with Gasteiger partial charge in [0, 0.05) is 6.42 Å². The van der Waals surface area contributed by atoms with E-state index < -0.39 is 12.6 Å². The van der Waals surface area contributed by atoms with E-state index in [0.717, 1.165) is 25.7 Å². The zero-order chi connectivity index (χ0) is 13.5. The van der Waals surface area contributed by atoms with Crippen LogP contribution in [0.15, 0.2) is 0 Å². The van der Waals surface area contributed by atoms with Crippen LogP contribution in [0.1, 0.15) is 72.6 Å². The van der Waals surface area contributed by atoms with Crippen molar-refractivity contribution in [3.8, 4) is 0 Å². The summed E-state index contributed by atoms with van der Waals surface area (Å²) in [6, 6.07) is 0. The average molecular weight is 252 g/mol. The van der Waals surface area contributed by atoms with Crippen molar-refractivity contribution in [1.29, 1.82) is 0 Å². The van der Waals surface area contributed by atoms with E-state index in [2.05, 4.69) is 6.92 Å². The summed E-state index contributed by atoms with van der Waals surface area (Å²) in [5, 5.41) is 0. The van der Waals surface area contributed by atoms with E-state index in [4.69, 9.17) is 0 Å². The van der Waals surface area contributed by atoms with Gasteiger partial charge in [0.1, 0.15) is 0 Å². The highest BCUT2D eigenvalue weighted by molar-refractivity contribution is 4.80. The maximum Gasteiger partial charge on any atom is 0.389 e. The number of hydrogen-bond acceptors (Lipinski definition) is 0. The molecule has 0 spiro atoms. The summed E-state index contributed by atoms with van der Waals surface area (Å²) in [6.45, 7) is 7.91. The largest absolute Gasteiger partial charge is 0.389 e. The van der Waals surface area contributed by atoms with Crippen LogP contribution in [-0.4, -0.2) is 6.18 Å². The van der Waals surface area contributed by atoms with Crippen molar-refractivity contribution < 1.29 is 13.2 Å². The van der Waals surface area contributed by atoms with E-state index >= 15 is 0 Å². The molecule has 0 saturated heterocycles. The van der Waals surface area contributed by atoms with Crippen LogP contribution in [-0.2, 0) is 0 Å². The van der Waals surface area contributed by atoms with Crippen LogP contribution in [0.3, 0.4) is 0 Å². The van der Waals surface area contributed by atoms with Gasteiger partial charge in [-0.3, -0.25) is 0 Å². The van der Waals surface area contributed by atoms with Gasteiger partial charge in [0.25, 0.3) is 0 Å². The average Bonchev–Trinajstić information content (AvgIpc) is 2.21. The van der Waals surface area contributed by atoms with Crippen molar-refractivity contribution in [3.63, 3.8) is 0 Å². The van der Waals surface area contributed by atoms with Crippen LogP contribution in [0.5, 0.6) is 0 Å². The normalized spacial score (nSPS) is 17.8. The molecule has 0 aliphatic rings. The predicted molar refractivity (Wildman–Crippen MR) is 67.0 cm³/mol. The maximum absolute atomic E-state index is 12.4. The molecule has 3 heteroatoms. The minimum Gasteiger partial charge on any atom is -0.171 e. The lowest BCUT2D eigenvalue weighted by molar-refractivity contribution is -0.152. The van der Waals surface area contributed by atoms with E-state index in [0.29, 0.717) is 0 Å². The number of unbranched alkanes of at least 4 members (excludes halogenated alkanes) is 3. The highest BCUT2D eigenvalue weighted by atomic mass is 19.4.